The van der Waals surface area contributed by atoms with Crippen molar-refractivity contribution in [2.45, 2.75) is 13.1 Å². The highest BCUT2D eigenvalue weighted by Crippen LogP contribution is 2.33. The fourth-order valence-corrected chi connectivity index (χ4v) is 11.9. The van der Waals surface area contributed by atoms with Gasteiger partial charge in [0.25, 0.3) is 10.0 Å². The maximum Gasteiger partial charge on any atom is 0.262 e. The van der Waals surface area contributed by atoms with E-state index < -0.39 is 0 Å². The average molecular weight is 850 g/mol. The number of thiazole rings is 2. The van der Waals surface area contributed by atoms with Gasteiger partial charge in [0.05, 0.1) is 11.5 Å². The topological polar surface area (TPSA) is 14.2 Å². The van der Waals surface area contributed by atoms with Crippen LogP contribution < -0.4 is 18.9 Å². The van der Waals surface area contributed by atoms with Crippen molar-refractivity contribution in [2.75, 3.05) is 49.5 Å². The summed E-state index contributed by atoms with van der Waals surface area (Å²) in [5.74, 6) is 1.97. The molecular weight excluding hydrogens is 808 g/mol. The summed E-state index contributed by atoms with van der Waals surface area (Å²) in [6.07, 6.45) is 9.06. The van der Waals surface area contributed by atoms with E-state index in [0.717, 1.165) is 34.6 Å². The molecule has 0 saturated heterocycles. The molecule has 10 heteroatoms. The summed E-state index contributed by atoms with van der Waals surface area (Å²) in [5.41, 5.74) is 7.31. The van der Waals surface area contributed by atoms with Crippen LogP contribution in [0.25, 0.3) is 66.3 Å². The molecular formula is C46H42Cl2N4S4+2. The molecule has 0 aliphatic rings. The van der Waals surface area contributed by atoms with Gasteiger partial charge in [-0.05, 0) is 70.4 Å². The summed E-state index contributed by atoms with van der Waals surface area (Å²) in [7, 11) is 12.3. The van der Waals surface area contributed by atoms with Gasteiger partial charge in [-0.2, -0.15) is 9.13 Å². The van der Waals surface area contributed by atoms with Crippen molar-refractivity contribution >= 4 is 145 Å². The first kappa shape index (κ1) is 38.8. The number of anilines is 2. The number of fused-ring (bicyclic) bond motifs is 4. The van der Waals surface area contributed by atoms with E-state index in [0.29, 0.717) is 0 Å². The molecule has 6 aromatic carbocycles. The summed E-state index contributed by atoms with van der Waals surface area (Å²) >= 11 is 16.5. The molecule has 0 amide bonds. The number of hydrogen-bond donors (Lipinski definition) is 0. The minimum absolute atomic E-state index is 0.766. The van der Waals surface area contributed by atoms with Gasteiger partial charge in [0.15, 0.2) is 13.1 Å². The van der Waals surface area contributed by atoms with Gasteiger partial charge in [-0.3, -0.25) is 0 Å². The van der Waals surface area contributed by atoms with Crippen LogP contribution in [0.15, 0.2) is 109 Å². The van der Waals surface area contributed by atoms with Crippen LogP contribution in [0.3, 0.4) is 0 Å². The van der Waals surface area contributed by atoms with Crippen LogP contribution in [0.4, 0.5) is 11.4 Å². The zero-order valence-electron chi connectivity index (χ0n) is 31.7. The van der Waals surface area contributed by atoms with E-state index in [1.165, 1.54) is 74.5 Å². The highest BCUT2D eigenvalue weighted by molar-refractivity contribution is 8.76. The number of aryl methyl sites for hydroxylation is 2. The van der Waals surface area contributed by atoms with Crippen molar-refractivity contribution in [1.82, 2.24) is 0 Å². The highest BCUT2D eigenvalue weighted by atomic mass is 35.5. The zero-order valence-corrected chi connectivity index (χ0v) is 36.5. The monoisotopic (exact) mass is 848 g/mol. The Morgan fingerprint density at radius 3 is 1.34 bits per heavy atom. The average Bonchev–Trinajstić information content (AvgIpc) is 3.72. The number of hydrogen-bond acceptors (Lipinski definition) is 6. The second kappa shape index (κ2) is 17.2. The lowest BCUT2D eigenvalue weighted by atomic mass is 10.0. The number of benzene rings is 6. The molecule has 4 nitrogen and oxygen atoms in total. The fourth-order valence-electron chi connectivity index (χ4n) is 7.25. The lowest BCUT2D eigenvalue weighted by molar-refractivity contribution is -0.664. The molecule has 0 unspecified atom stereocenters. The summed E-state index contributed by atoms with van der Waals surface area (Å²) < 4.78 is 7.29. The molecule has 0 spiro atoms. The molecule has 0 bridgehead atoms. The standard InChI is InChI=1S/C46H42Cl2N4S4/c1-49(2)39-19-13-31(35-9-5-7-11-37(35)39)15-23-45-51(41-21-17-33(47)29-43(41)55-45)25-27-53-54-28-26-52-42-22-18-34(48)30-44(42)56-46(52)24-16-32-14-20-40(50(3)4)38-12-8-6-10-36(32)38/h5-24,29-30H,25-28H2,1-4H3/q+2. The molecule has 8 aromatic rings. The van der Waals surface area contributed by atoms with E-state index in [-0.39, 0.29) is 0 Å². The predicted octanol–water partition coefficient (Wildman–Crippen LogP) is 12.9. The Morgan fingerprint density at radius 1 is 0.518 bits per heavy atom. The Bertz CT molecular complexity index is 2580. The number of nitrogens with zero attached hydrogens (tertiary/aromatic N) is 4. The first-order valence-corrected chi connectivity index (χ1v) is 23.4. The summed E-state index contributed by atoms with van der Waals surface area (Å²) in [5, 5.41) is 8.98. The van der Waals surface area contributed by atoms with Crippen LogP contribution in [-0.2, 0) is 13.1 Å². The van der Waals surface area contributed by atoms with Gasteiger partial charge >= 0.3 is 0 Å². The van der Waals surface area contributed by atoms with Crippen molar-refractivity contribution in [3.8, 4) is 0 Å². The lowest BCUT2D eigenvalue weighted by Crippen LogP contribution is -2.36. The van der Waals surface area contributed by atoms with Crippen molar-refractivity contribution in [3.05, 3.63) is 140 Å². The van der Waals surface area contributed by atoms with Gasteiger partial charge in [0, 0.05) is 84.7 Å². The molecule has 0 N–H and O–H groups in total. The van der Waals surface area contributed by atoms with Gasteiger partial charge in [-0.25, -0.2) is 0 Å². The van der Waals surface area contributed by atoms with Crippen molar-refractivity contribution < 1.29 is 9.13 Å². The van der Waals surface area contributed by atoms with Crippen molar-refractivity contribution in [2.24, 2.45) is 0 Å². The van der Waals surface area contributed by atoms with E-state index in [9.17, 15) is 0 Å². The maximum absolute atomic E-state index is 6.46. The Labute approximate surface area is 354 Å². The Kier molecular flexibility index (Phi) is 11.9. The van der Waals surface area contributed by atoms with Crippen LogP contribution in [-0.4, -0.2) is 39.7 Å². The minimum Gasteiger partial charge on any atom is -0.377 e. The Balaban J connectivity index is 0.980. The van der Waals surface area contributed by atoms with Gasteiger partial charge in [0.1, 0.15) is 9.40 Å². The largest absolute Gasteiger partial charge is 0.377 e. The number of rotatable bonds is 13. The van der Waals surface area contributed by atoms with Crippen molar-refractivity contribution in [1.29, 1.82) is 0 Å². The van der Waals surface area contributed by atoms with Crippen LogP contribution >= 0.6 is 67.5 Å². The molecule has 0 saturated carbocycles. The summed E-state index contributed by atoms with van der Waals surface area (Å²) in [4.78, 5) is 4.35. The molecule has 0 aliphatic heterocycles. The molecule has 0 radical (unpaired) electrons. The molecule has 56 heavy (non-hydrogen) atoms. The smallest absolute Gasteiger partial charge is 0.262 e. The number of aromatic nitrogens is 2. The van der Waals surface area contributed by atoms with E-state index in [1.54, 1.807) is 22.7 Å². The van der Waals surface area contributed by atoms with E-state index in [1.807, 2.05) is 33.7 Å². The van der Waals surface area contributed by atoms with Crippen LogP contribution in [0.5, 0.6) is 0 Å². The fraction of sp³-hybridized carbons (Fsp3) is 0.174. The van der Waals surface area contributed by atoms with Crippen LogP contribution in [0.2, 0.25) is 10.0 Å². The lowest BCUT2D eigenvalue weighted by Gasteiger charge is -2.16. The number of halogens is 2. The van der Waals surface area contributed by atoms with Gasteiger partial charge in [-0.15, -0.1) is 0 Å². The SMILES string of the molecule is CN(C)c1ccc(/C=C/c2sc3cc(Cl)ccc3[n+]2CCSSCC[n+]2c(/C=C/c3ccc(N(C)C)c4ccccc34)sc3cc(Cl)ccc32)c2ccccc12. The molecule has 8 rings (SSSR count). The van der Waals surface area contributed by atoms with Gasteiger partial charge in [0.2, 0.25) is 11.0 Å². The first-order valence-electron chi connectivity index (χ1n) is 18.5. The first-order chi connectivity index (χ1) is 27.2. The van der Waals surface area contributed by atoms with E-state index >= 15 is 0 Å². The normalized spacial score (nSPS) is 12.0. The second-order valence-electron chi connectivity index (χ2n) is 13.9. The predicted molar refractivity (Wildman–Crippen MR) is 253 cm³/mol. The molecule has 0 aliphatic carbocycles. The van der Waals surface area contributed by atoms with Gasteiger partial charge < -0.3 is 9.80 Å². The molecule has 2 heterocycles. The molecule has 0 atom stereocenters. The maximum atomic E-state index is 6.46. The second-order valence-corrected chi connectivity index (χ2v) is 19.6. The Hall–Kier alpha value is -4.02. The van der Waals surface area contributed by atoms with Crippen LogP contribution in [0, 0.1) is 0 Å². The quantitative estimate of drug-likeness (QED) is 0.0651. The summed E-state index contributed by atoms with van der Waals surface area (Å²) in [6, 6.07) is 38.7. The molecule has 0 fully saturated rings. The third-order valence-corrected chi connectivity index (χ3v) is 15.0. The minimum atomic E-state index is 0.766. The van der Waals surface area contributed by atoms with Gasteiger partial charge in [-0.1, -0.05) is 128 Å². The van der Waals surface area contributed by atoms with Crippen LogP contribution in [0.1, 0.15) is 21.1 Å². The van der Waals surface area contributed by atoms with Crippen molar-refractivity contribution in [3.63, 3.8) is 0 Å². The zero-order chi connectivity index (χ0) is 38.8. The third-order valence-electron chi connectivity index (χ3n) is 9.91. The highest BCUT2D eigenvalue weighted by Gasteiger charge is 2.21. The Morgan fingerprint density at radius 2 is 0.929 bits per heavy atom. The molecule has 282 valence electrons. The van der Waals surface area contributed by atoms with E-state index in [2.05, 4.69) is 168 Å². The van der Waals surface area contributed by atoms with E-state index in [4.69, 9.17) is 23.2 Å². The molecule has 2 aromatic heterocycles. The third kappa shape index (κ3) is 8.19. The summed E-state index contributed by atoms with van der Waals surface area (Å²) in [6.45, 7) is 1.81.